The van der Waals surface area contributed by atoms with Gasteiger partial charge in [-0.25, -0.2) is 4.98 Å². The zero-order chi connectivity index (χ0) is 9.42. The molecular formula is C8H4Br2N2O. The van der Waals surface area contributed by atoms with Gasteiger partial charge in [0.15, 0.2) is 4.73 Å². The van der Waals surface area contributed by atoms with Crippen LogP contribution in [0.3, 0.4) is 0 Å². The molecule has 5 heteroatoms. The number of nitrogens with zero attached hydrogens (tertiary/aromatic N) is 1. The Hall–Kier alpha value is -0.680. The Morgan fingerprint density at radius 3 is 2.85 bits per heavy atom. The first-order chi connectivity index (χ1) is 6.18. The van der Waals surface area contributed by atoms with Gasteiger partial charge in [-0.1, -0.05) is 6.07 Å². The lowest BCUT2D eigenvalue weighted by Gasteiger charge is -1.98. The van der Waals surface area contributed by atoms with Crippen LogP contribution in [-0.4, -0.2) is 9.97 Å². The van der Waals surface area contributed by atoms with Gasteiger partial charge < -0.3 is 4.98 Å². The highest BCUT2D eigenvalue weighted by molar-refractivity contribution is 9.10. The molecule has 0 radical (unpaired) electrons. The van der Waals surface area contributed by atoms with Crippen molar-refractivity contribution in [1.82, 2.24) is 9.97 Å². The van der Waals surface area contributed by atoms with E-state index in [-0.39, 0.29) is 5.56 Å². The summed E-state index contributed by atoms with van der Waals surface area (Å²) in [6.07, 6.45) is 0. The van der Waals surface area contributed by atoms with Gasteiger partial charge in [0.25, 0.3) is 5.56 Å². The highest BCUT2D eigenvalue weighted by atomic mass is 79.9. The maximum Gasteiger partial charge on any atom is 0.260 e. The highest BCUT2D eigenvalue weighted by Gasteiger charge is 2.04. The smallest absolute Gasteiger partial charge is 0.260 e. The number of benzene rings is 1. The van der Waals surface area contributed by atoms with Gasteiger partial charge in [0.2, 0.25) is 0 Å². The van der Waals surface area contributed by atoms with E-state index in [1.54, 1.807) is 6.07 Å². The third-order valence-electron chi connectivity index (χ3n) is 1.65. The van der Waals surface area contributed by atoms with E-state index in [1.807, 2.05) is 12.1 Å². The van der Waals surface area contributed by atoms with Gasteiger partial charge in [-0.05, 0) is 44.0 Å². The predicted molar refractivity (Wildman–Crippen MR) is 57.8 cm³/mol. The van der Waals surface area contributed by atoms with Gasteiger partial charge in [-0.2, -0.15) is 0 Å². The molecule has 0 fully saturated rings. The van der Waals surface area contributed by atoms with Gasteiger partial charge in [0, 0.05) is 4.47 Å². The second kappa shape index (κ2) is 3.23. The van der Waals surface area contributed by atoms with Crippen LogP contribution in [-0.2, 0) is 0 Å². The number of halogens is 2. The molecule has 1 N–H and O–H groups in total. The summed E-state index contributed by atoms with van der Waals surface area (Å²) >= 11 is 6.42. The van der Waals surface area contributed by atoms with E-state index in [2.05, 4.69) is 41.8 Å². The predicted octanol–water partition coefficient (Wildman–Crippen LogP) is 2.45. The van der Waals surface area contributed by atoms with E-state index in [1.165, 1.54) is 0 Å². The number of hydrogen-bond acceptors (Lipinski definition) is 2. The van der Waals surface area contributed by atoms with Crippen LogP contribution >= 0.6 is 31.9 Å². The molecule has 2 rings (SSSR count). The summed E-state index contributed by atoms with van der Waals surface area (Å²) in [7, 11) is 0. The van der Waals surface area contributed by atoms with Crippen LogP contribution in [0.25, 0.3) is 10.9 Å². The Morgan fingerprint density at radius 2 is 2.08 bits per heavy atom. The van der Waals surface area contributed by atoms with Crippen LogP contribution in [0.1, 0.15) is 0 Å². The van der Waals surface area contributed by atoms with Crippen molar-refractivity contribution in [2.75, 3.05) is 0 Å². The summed E-state index contributed by atoms with van der Waals surface area (Å²) in [6.45, 7) is 0. The molecular weight excluding hydrogens is 300 g/mol. The van der Waals surface area contributed by atoms with Crippen molar-refractivity contribution >= 4 is 42.8 Å². The minimum atomic E-state index is -0.149. The number of hydrogen-bond donors (Lipinski definition) is 1. The summed E-state index contributed by atoms with van der Waals surface area (Å²) in [5.41, 5.74) is 0.523. The molecule has 0 amide bonds. The maximum absolute atomic E-state index is 11.5. The highest BCUT2D eigenvalue weighted by Crippen LogP contribution is 2.19. The monoisotopic (exact) mass is 302 g/mol. The van der Waals surface area contributed by atoms with Crippen molar-refractivity contribution in [1.29, 1.82) is 0 Å². The van der Waals surface area contributed by atoms with Crippen molar-refractivity contribution in [3.63, 3.8) is 0 Å². The summed E-state index contributed by atoms with van der Waals surface area (Å²) in [5, 5.41) is 0.575. The molecule has 0 unspecified atom stereocenters. The fourth-order valence-corrected chi connectivity index (χ4v) is 2.03. The topological polar surface area (TPSA) is 45.8 Å². The first-order valence-corrected chi connectivity index (χ1v) is 5.11. The third kappa shape index (κ3) is 1.53. The molecule has 0 bridgehead atoms. The molecule has 3 nitrogen and oxygen atoms in total. The van der Waals surface area contributed by atoms with Crippen LogP contribution in [0.5, 0.6) is 0 Å². The molecule has 1 aromatic carbocycles. The Balaban J connectivity index is 3.03. The second-order valence-electron chi connectivity index (χ2n) is 2.49. The molecule has 0 aliphatic carbocycles. The molecule has 1 heterocycles. The number of nitrogens with one attached hydrogen (secondary N) is 1. The quantitative estimate of drug-likeness (QED) is 0.760. The maximum atomic E-state index is 11.5. The summed E-state index contributed by atoms with van der Waals surface area (Å²) in [6, 6.07) is 5.44. The largest absolute Gasteiger partial charge is 0.300 e. The number of aromatic nitrogens is 2. The number of fused-ring (bicyclic) bond motifs is 1. The first kappa shape index (κ1) is 8.90. The molecule has 66 valence electrons. The van der Waals surface area contributed by atoms with Gasteiger partial charge in [0.1, 0.15) is 0 Å². The Morgan fingerprint density at radius 1 is 1.31 bits per heavy atom. The van der Waals surface area contributed by atoms with Crippen molar-refractivity contribution in [2.45, 2.75) is 0 Å². The van der Waals surface area contributed by atoms with Crippen LogP contribution in [0.4, 0.5) is 0 Å². The average molecular weight is 304 g/mol. The second-order valence-corrected chi connectivity index (χ2v) is 4.10. The Bertz CT molecular complexity index is 521. The minimum Gasteiger partial charge on any atom is -0.300 e. The number of rotatable bonds is 0. The van der Waals surface area contributed by atoms with E-state index in [9.17, 15) is 4.79 Å². The van der Waals surface area contributed by atoms with E-state index in [0.717, 1.165) is 4.47 Å². The molecule has 0 saturated heterocycles. The average Bonchev–Trinajstić information content (AvgIpc) is 2.02. The van der Waals surface area contributed by atoms with Crippen molar-refractivity contribution in [3.05, 3.63) is 37.8 Å². The SMILES string of the molecule is O=c1[nH]c(Br)nc2cccc(Br)c12. The molecule has 0 aliphatic heterocycles. The van der Waals surface area contributed by atoms with Crippen molar-refractivity contribution in [2.24, 2.45) is 0 Å². The fraction of sp³-hybridized carbons (Fsp3) is 0. The van der Waals surface area contributed by atoms with Crippen molar-refractivity contribution in [3.8, 4) is 0 Å². The van der Waals surface area contributed by atoms with E-state index in [0.29, 0.717) is 15.6 Å². The van der Waals surface area contributed by atoms with Gasteiger partial charge in [-0.3, -0.25) is 4.79 Å². The summed E-state index contributed by atoms with van der Waals surface area (Å²) in [4.78, 5) is 18.2. The molecule has 0 aliphatic rings. The molecule has 2 aromatic rings. The lowest BCUT2D eigenvalue weighted by molar-refractivity contribution is 1.11. The van der Waals surface area contributed by atoms with Crippen LogP contribution in [0.15, 0.2) is 32.2 Å². The zero-order valence-corrected chi connectivity index (χ0v) is 9.52. The minimum absolute atomic E-state index is 0.149. The lowest BCUT2D eigenvalue weighted by atomic mass is 10.2. The summed E-state index contributed by atoms with van der Waals surface area (Å²) < 4.78 is 1.20. The van der Waals surface area contributed by atoms with E-state index >= 15 is 0 Å². The van der Waals surface area contributed by atoms with Gasteiger partial charge in [0.05, 0.1) is 10.9 Å². The van der Waals surface area contributed by atoms with Gasteiger partial charge in [-0.15, -0.1) is 0 Å². The Kier molecular flexibility index (Phi) is 2.21. The zero-order valence-electron chi connectivity index (χ0n) is 6.34. The van der Waals surface area contributed by atoms with Gasteiger partial charge >= 0.3 is 0 Å². The fourth-order valence-electron chi connectivity index (χ4n) is 1.12. The van der Waals surface area contributed by atoms with E-state index in [4.69, 9.17) is 0 Å². The van der Waals surface area contributed by atoms with Crippen LogP contribution in [0.2, 0.25) is 0 Å². The lowest BCUT2D eigenvalue weighted by Crippen LogP contribution is -2.08. The summed E-state index contributed by atoms with van der Waals surface area (Å²) in [5.74, 6) is 0. The number of H-pyrrole nitrogens is 1. The van der Waals surface area contributed by atoms with Crippen LogP contribution in [0, 0.1) is 0 Å². The van der Waals surface area contributed by atoms with E-state index < -0.39 is 0 Å². The molecule has 13 heavy (non-hydrogen) atoms. The molecule has 0 saturated carbocycles. The third-order valence-corrected chi connectivity index (χ3v) is 2.69. The standard InChI is InChI=1S/C8H4Br2N2O/c9-4-2-1-3-5-6(4)7(13)12-8(10)11-5/h1-3H,(H,11,12,13). The first-order valence-electron chi connectivity index (χ1n) is 3.52. The molecule has 0 atom stereocenters. The normalized spacial score (nSPS) is 10.6. The molecule has 0 spiro atoms. The Labute approximate surface area is 90.4 Å². The van der Waals surface area contributed by atoms with Crippen LogP contribution < -0.4 is 5.56 Å². The number of aromatic amines is 1. The van der Waals surface area contributed by atoms with Crippen molar-refractivity contribution < 1.29 is 0 Å². The molecule has 1 aromatic heterocycles.